The first kappa shape index (κ1) is 17.5. The Balaban J connectivity index is 0.00000324. The molecule has 0 aliphatic rings. The summed E-state index contributed by atoms with van der Waals surface area (Å²) in [6.07, 6.45) is 1.30. The quantitative estimate of drug-likeness (QED) is 0.795. The third kappa shape index (κ3) is 4.57. The predicted molar refractivity (Wildman–Crippen MR) is 72.0 cm³/mol. The number of esters is 1. The molecule has 0 bridgehead atoms. The van der Waals surface area contributed by atoms with Gasteiger partial charge in [0.25, 0.3) is 5.91 Å². The van der Waals surface area contributed by atoms with Gasteiger partial charge in [0.1, 0.15) is 17.6 Å². The monoisotopic (exact) mass is 290 g/mol. The van der Waals surface area contributed by atoms with E-state index < -0.39 is 17.4 Å². The average Bonchev–Trinajstić information content (AvgIpc) is 2.77. The van der Waals surface area contributed by atoms with Crippen LogP contribution >= 0.6 is 12.4 Å². The fraction of sp³-hybridized carbons (Fsp3) is 0.500. The Labute approximate surface area is 118 Å². The molecule has 0 saturated carbocycles. The first-order chi connectivity index (χ1) is 8.40. The normalized spacial score (nSPS) is 10.5. The maximum absolute atomic E-state index is 11.9. The van der Waals surface area contributed by atoms with Gasteiger partial charge in [-0.3, -0.25) is 4.79 Å². The Morgan fingerprint density at radius 3 is 2.58 bits per heavy atom. The number of ether oxygens (including phenoxy) is 1. The summed E-state index contributed by atoms with van der Waals surface area (Å²) in [4.78, 5) is 23.5. The maximum atomic E-state index is 11.9. The Kier molecular flexibility index (Phi) is 6.58. The number of nitrogens with one attached hydrogen (secondary N) is 1. The van der Waals surface area contributed by atoms with Gasteiger partial charge in [0.15, 0.2) is 0 Å². The molecule has 0 aliphatic carbocycles. The summed E-state index contributed by atoms with van der Waals surface area (Å²) >= 11 is 0. The summed E-state index contributed by atoms with van der Waals surface area (Å²) in [6.45, 7) is 5.34. The molecular formula is C12H19ClN2O4. The highest BCUT2D eigenvalue weighted by molar-refractivity contribution is 5.97. The molecule has 0 spiro atoms. The van der Waals surface area contributed by atoms with E-state index in [1.165, 1.54) is 12.3 Å². The molecule has 0 unspecified atom stereocenters. The minimum atomic E-state index is -1.09. The van der Waals surface area contributed by atoms with Gasteiger partial charge in [-0.15, -0.1) is 12.4 Å². The molecule has 7 heteroatoms. The first-order valence-corrected chi connectivity index (χ1v) is 5.68. The van der Waals surface area contributed by atoms with Gasteiger partial charge in [-0.1, -0.05) is 0 Å². The third-order valence-electron chi connectivity index (χ3n) is 2.33. The second-order valence-electron chi connectivity index (χ2n) is 4.31. The van der Waals surface area contributed by atoms with Crippen LogP contribution in [0.4, 0.5) is 0 Å². The molecule has 1 rings (SSSR count). The highest BCUT2D eigenvalue weighted by Crippen LogP contribution is 2.11. The van der Waals surface area contributed by atoms with Crippen LogP contribution in [0.1, 0.15) is 36.9 Å². The van der Waals surface area contributed by atoms with E-state index in [4.69, 9.17) is 14.9 Å². The SMILES string of the molecule is CCOC(=O)C(C)(C)NC(=O)c1coc(CN)c1.Cl. The molecule has 0 aromatic carbocycles. The molecule has 0 aliphatic heterocycles. The molecule has 19 heavy (non-hydrogen) atoms. The molecule has 0 radical (unpaired) electrons. The van der Waals surface area contributed by atoms with Gasteiger partial charge >= 0.3 is 5.97 Å². The van der Waals surface area contributed by atoms with Gasteiger partial charge in [0.2, 0.25) is 0 Å². The van der Waals surface area contributed by atoms with Crippen molar-refractivity contribution in [1.82, 2.24) is 5.32 Å². The average molecular weight is 291 g/mol. The van der Waals surface area contributed by atoms with Crippen LogP contribution in [-0.4, -0.2) is 24.0 Å². The fourth-order valence-corrected chi connectivity index (χ4v) is 1.33. The van der Waals surface area contributed by atoms with Crippen molar-refractivity contribution >= 4 is 24.3 Å². The molecule has 0 atom stereocenters. The summed E-state index contributed by atoms with van der Waals surface area (Å²) < 4.78 is 9.93. The van der Waals surface area contributed by atoms with E-state index in [1.807, 2.05) is 0 Å². The van der Waals surface area contributed by atoms with Crippen molar-refractivity contribution in [3.63, 3.8) is 0 Å². The smallest absolute Gasteiger partial charge is 0.331 e. The zero-order valence-electron chi connectivity index (χ0n) is 11.2. The summed E-state index contributed by atoms with van der Waals surface area (Å²) in [5.41, 5.74) is 4.62. The second kappa shape index (κ2) is 7.16. The van der Waals surface area contributed by atoms with Gasteiger partial charge in [-0.25, -0.2) is 4.79 Å². The lowest BCUT2D eigenvalue weighted by atomic mass is 10.1. The van der Waals surface area contributed by atoms with Gasteiger partial charge < -0.3 is 20.2 Å². The maximum Gasteiger partial charge on any atom is 0.331 e. The van der Waals surface area contributed by atoms with Gasteiger partial charge in [-0.05, 0) is 26.8 Å². The van der Waals surface area contributed by atoms with Crippen LogP contribution in [0.25, 0.3) is 0 Å². The van der Waals surface area contributed by atoms with Crippen LogP contribution in [0.2, 0.25) is 0 Å². The molecule has 6 nitrogen and oxygen atoms in total. The Hall–Kier alpha value is -1.53. The van der Waals surface area contributed by atoms with Crippen molar-refractivity contribution < 1.29 is 18.7 Å². The van der Waals surface area contributed by atoms with Gasteiger partial charge in [-0.2, -0.15) is 0 Å². The Morgan fingerprint density at radius 1 is 1.47 bits per heavy atom. The standard InChI is InChI=1S/C12H18N2O4.ClH/c1-4-17-11(16)12(2,3)14-10(15)8-5-9(6-13)18-7-8;/h5,7H,4,6,13H2,1-3H3,(H,14,15);1H. The van der Waals surface area contributed by atoms with E-state index >= 15 is 0 Å². The zero-order valence-corrected chi connectivity index (χ0v) is 12.0. The van der Waals surface area contributed by atoms with Crippen molar-refractivity contribution in [3.05, 3.63) is 23.7 Å². The molecule has 1 aromatic rings. The van der Waals surface area contributed by atoms with Crippen LogP contribution in [0.3, 0.4) is 0 Å². The predicted octanol–water partition coefficient (Wildman–Crippen LogP) is 1.23. The largest absolute Gasteiger partial charge is 0.467 e. The zero-order chi connectivity index (χ0) is 13.8. The van der Waals surface area contributed by atoms with Gasteiger partial charge in [0.05, 0.1) is 18.7 Å². The highest BCUT2D eigenvalue weighted by Gasteiger charge is 2.31. The van der Waals surface area contributed by atoms with Crippen LogP contribution in [-0.2, 0) is 16.1 Å². The molecule has 1 amide bonds. The van der Waals surface area contributed by atoms with Crippen molar-refractivity contribution in [2.75, 3.05) is 6.61 Å². The van der Waals surface area contributed by atoms with Crippen molar-refractivity contribution in [3.8, 4) is 0 Å². The summed E-state index contributed by atoms with van der Waals surface area (Å²) in [5, 5.41) is 2.58. The molecule has 1 heterocycles. The number of rotatable bonds is 5. The lowest BCUT2D eigenvalue weighted by Gasteiger charge is -2.23. The summed E-state index contributed by atoms with van der Waals surface area (Å²) in [5.74, 6) is -0.383. The molecule has 1 aromatic heterocycles. The minimum absolute atomic E-state index is 0. The molecule has 0 saturated heterocycles. The number of furan rings is 1. The van der Waals surface area contributed by atoms with Crippen LogP contribution in [0, 0.1) is 0 Å². The Bertz CT molecular complexity index is 443. The Morgan fingerprint density at radius 2 is 2.11 bits per heavy atom. The van der Waals surface area contributed by atoms with E-state index in [-0.39, 0.29) is 25.6 Å². The van der Waals surface area contributed by atoms with E-state index in [2.05, 4.69) is 5.32 Å². The number of carbonyl (C=O) groups excluding carboxylic acids is 2. The van der Waals surface area contributed by atoms with Crippen LogP contribution in [0.15, 0.2) is 16.7 Å². The second-order valence-corrected chi connectivity index (χ2v) is 4.31. The topological polar surface area (TPSA) is 94.6 Å². The molecule has 108 valence electrons. The summed E-state index contributed by atoms with van der Waals surface area (Å²) in [6, 6.07) is 1.54. The van der Waals surface area contributed by atoms with E-state index in [1.54, 1.807) is 20.8 Å². The number of nitrogens with two attached hydrogens (primary N) is 1. The van der Waals surface area contributed by atoms with E-state index in [0.29, 0.717) is 11.3 Å². The fourth-order valence-electron chi connectivity index (χ4n) is 1.33. The number of carbonyl (C=O) groups is 2. The summed E-state index contributed by atoms with van der Waals surface area (Å²) in [7, 11) is 0. The number of halogens is 1. The van der Waals surface area contributed by atoms with Crippen molar-refractivity contribution in [1.29, 1.82) is 0 Å². The molecular weight excluding hydrogens is 272 g/mol. The van der Waals surface area contributed by atoms with Crippen molar-refractivity contribution in [2.24, 2.45) is 5.73 Å². The van der Waals surface area contributed by atoms with Crippen molar-refractivity contribution in [2.45, 2.75) is 32.9 Å². The number of hydrogen-bond acceptors (Lipinski definition) is 5. The minimum Gasteiger partial charge on any atom is -0.467 e. The first-order valence-electron chi connectivity index (χ1n) is 5.68. The molecule has 3 N–H and O–H groups in total. The van der Waals surface area contributed by atoms with E-state index in [9.17, 15) is 9.59 Å². The van der Waals surface area contributed by atoms with Crippen LogP contribution < -0.4 is 11.1 Å². The number of amides is 1. The highest BCUT2D eigenvalue weighted by atomic mass is 35.5. The lowest BCUT2D eigenvalue weighted by molar-refractivity contribution is -0.149. The van der Waals surface area contributed by atoms with E-state index in [0.717, 1.165) is 0 Å². The molecule has 0 fully saturated rings. The van der Waals surface area contributed by atoms with Crippen LogP contribution in [0.5, 0.6) is 0 Å². The third-order valence-corrected chi connectivity index (χ3v) is 2.33. The lowest BCUT2D eigenvalue weighted by Crippen LogP contribution is -2.50. The number of hydrogen-bond donors (Lipinski definition) is 2. The van der Waals surface area contributed by atoms with Gasteiger partial charge in [0, 0.05) is 0 Å².